The Kier molecular flexibility index (Phi) is 3.87. The van der Waals surface area contributed by atoms with E-state index < -0.39 is 0 Å². The van der Waals surface area contributed by atoms with Crippen LogP contribution >= 0.6 is 11.8 Å². The van der Waals surface area contributed by atoms with Crippen molar-refractivity contribution in [3.63, 3.8) is 0 Å². The standard InChI is InChI=1S/C13H14N6OS/c1-18-8-7-14-12(18)9-21-13-15-16-17-19(13)10-3-5-11(20-2)6-4-10/h3-8H,9H2,1-2H3. The van der Waals surface area contributed by atoms with E-state index in [0.29, 0.717) is 5.75 Å². The fraction of sp³-hybridized carbons (Fsp3) is 0.231. The lowest BCUT2D eigenvalue weighted by atomic mass is 10.3. The Morgan fingerprint density at radius 3 is 2.71 bits per heavy atom. The summed E-state index contributed by atoms with van der Waals surface area (Å²) in [5.74, 6) is 2.48. The van der Waals surface area contributed by atoms with Crippen LogP contribution in [0.15, 0.2) is 41.8 Å². The third kappa shape index (κ3) is 2.89. The molecule has 0 aliphatic rings. The van der Waals surface area contributed by atoms with E-state index in [2.05, 4.69) is 20.5 Å². The Balaban J connectivity index is 1.78. The molecule has 3 rings (SSSR count). The smallest absolute Gasteiger partial charge is 0.214 e. The maximum absolute atomic E-state index is 5.15. The SMILES string of the molecule is COc1ccc(-n2nnnc2SCc2nccn2C)cc1. The molecule has 0 radical (unpaired) electrons. The van der Waals surface area contributed by atoms with E-state index in [1.165, 1.54) is 0 Å². The normalized spacial score (nSPS) is 10.8. The quantitative estimate of drug-likeness (QED) is 0.668. The molecule has 0 amide bonds. The molecule has 2 heterocycles. The summed E-state index contributed by atoms with van der Waals surface area (Å²) < 4.78 is 8.83. The molecule has 7 nitrogen and oxygen atoms in total. The van der Waals surface area contributed by atoms with Gasteiger partial charge in [0, 0.05) is 19.4 Å². The molecule has 0 unspecified atom stereocenters. The fourth-order valence-corrected chi connectivity index (χ4v) is 2.71. The molecule has 0 spiro atoms. The molecule has 0 aliphatic heterocycles. The van der Waals surface area contributed by atoms with Gasteiger partial charge in [0.2, 0.25) is 5.16 Å². The highest BCUT2D eigenvalue weighted by molar-refractivity contribution is 7.98. The van der Waals surface area contributed by atoms with E-state index in [0.717, 1.165) is 22.4 Å². The maximum Gasteiger partial charge on any atom is 0.214 e. The lowest BCUT2D eigenvalue weighted by molar-refractivity contribution is 0.414. The van der Waals surface area contributed by atoms with Crippen LogP contribution in [0, 0.1) is 0 Å². The number of ether oxygens (including phenoxy) is 1. The lowest BCUT2D eigenvalue weighted by Crippen LogP contribution is -2.00. The van der Waals surface area contributed by atoms with Crippen LogP contribution < -0.4 is 4.74 Å². The van der Waals surface area contributed by atoms with Crippen LogP contribution in [-0.2, 0) is 12.8 Å². The Morgan fingerprint density at radius 1 is 1.24 bits per heavy atom. The van der Waals surface area contributed by atoms with Crippen LogP contribution in [0.2, 0.25) is 0 Å². The number of imidazole rings is 1. The minimum atomic E-state index is 0.708. The average Bonchev–Trinajstić information content (AvgIpc) is 3.14. The van der Waals surface area contributed by atoms with Gasteiger partial charge in [-0.15, -0.1) is 5.10 Å². The number of aromatic nitrogens is 6. The van der Waals surface area contributed by atoms with Gasteiger partial charge >= 0.3 is 0 Å². The molecule has 3 aromatic rings. The molecule has 0 atom stereocenters. The van der Waals surface area contributed by atoms with Crippen molar-refractivity contribution in [1.29, 1.82) is 0 Å². The van der Waals surface area contributed by atoms with Crippen molar-refractivity contribution in [2.75, 3.05) is 7.11 Å². The van der Waals surface area contributed by atoms with Gasteiger partial charge < -0.3 is 9.30 Å². The van der Waals surface area contributed by atoms with Crippen molar-refractivity contribution >= 4 is 11.8 Å². The molecule has 108 valence electrons. The highest BCUT2D eigenvalue weighted by atomic mass is 32.2. The number of thioether (sulfide) groups is 1. The van der Waals surface area contributed by atoms with Gasteiger partial charge in [0.25, 0.3) is 0 Å². The molecule has 0 bridgehead atoms. The number of hydrogen-bond donors (Lipinski definition) is 0. The first-order valence-electron chi connectivity index (χ1n) is 6.30. The number of nitrogens with zero attached hydrogens (tertiary/aromatic N) is 6. The van der Waals surface area contributed by atoms with Crippen molar-refractivity contribution in [3.05, 3.63) is 42.5 Å². The number of hydrogen-bond acceptors (Lipinski definition) is 6. The summed E-state index contributed by atoms with van der Waals surface area (Å²) in [5.41, 5.74) is 0.892. The van der Waals surface area contributed by atoms with Crippen LogP contribution in [0.4, 0.5) is 0 Å². The number of aryl methyl sites for hydroxylation is 1. The largest absolute Gasteiger partial charge is 0.497 e. The number of rotatable bonds is 5. The minimum absolute atomic E-state index is 0.708. The molecule has 2 aromatic heterocycles. The van der Waals surface area contributed by atoms with E-state index in [9.17, 15) is 0 Å². The summed E-state index contributed by atoms with van der Waals surface area (Å²) in [5, 5.41) is 12.6. The second kappa shape index (κ2) is 5.96. The molecule has 0 fully saturated rings. The zero-order valence-corrected chi connectivity index (χ0v) is 12.5. The molecular weight excluding hydrogens is 288 g/mol. The van der Waals surface area contributed by atoms with Crippen LogP contribution in [0.5, 0.6) is 5.75 Å². The Hall–Kier alpha value is -2.35. The van der Waals surface area contributed by atoms with Crippen molar-refractivity contribution < 1.29 is 4.74 Å². The first-order chi connectivity index (χ1) is 10.3. The van der Waals surface area contributed by atoms with E-state index >= 15 is 0 Å². The Morgan fingerprint density at radius 2 is 2.05 bits per heavy atom. The summed E-state index contributed by atoms with van der Waals surface area (Å²) >= 11 is 1.54. The first-order valence-corrected chi connectivity index (χ1v) is 7.28. The van der Waals surface area contributed by atoms with Crippen LogP contribution in [0.1, 0.15) is 5.82 Å². The maximum atomic E-state index is 5.15. The third-order valence-corrected chi connectivity index (χ3v) is 3.92. The highest BCUT2D eigenvalue weighted by Crippen LogP contribution is 2.22. The van der Waals surface area contributed by atoms with Crippen LogP contribution in [0.3, 0.4) is 0 Å². The van der Waals surface area contributed by atoms with Gasteiger partial charge in [0.15, 0.2) is 0 Å². The molecule has 8 heteroatoms. The average molecular weight is 302 g/mol. The van der Waals surface area contributed by atoms with E-state index in [1.54, 1.807) is 29.8 Å². The molecule has 1 aromatic carbocycles. The molecule has 21 heavy (non-hydrogen) atoms. The Bertz CT molecular complexity index is 720. The minimum Gasteiger partial charge on any atom is -0.497 e. The second-order valence-corrected chi connectivity index (χ2v) is 5.26. The molecule has 0 saturated carbocycles. The summed E-state index contributed by atoms with van der Waals surface area (Å²) in [6.07, 6.45) is 3.70. The van der Waals surface area contributed by atoms with Gasteiger partial charge in [-0.3, -0.25) is 0 Å². The van der Waals surface area contributed by atoms with Crippen LogP contribution in [0.25, 0.3) is 5.69 Å². The zero-order valence-electron chi connectivity index (χ0n) is 11.7. The van der Waals surface area contributed by atoms with Gasteiger partial charge in [0.1, 0.15) is 11.6 Å². The number of benzene rings is 1. The summed E-state index contributed by atoms with van der Waals surface area (Å²) in [6.45, 7) is 0. The predicted molar refractivity (Wildman–Crippen MR) is 78.5 cm³/mol. The molecule has 0 saturated heterocycles. The second-order valence-electron chi connectivity index (χ2n) is 4.31. The van der Waals surface area contributed by atoms with Crippen molar-refractivity contribution in [1.82, 2.24) is 29.8 Å². The summed E-state index contributed by atoms with van der Waals surface area (Å²) in [6, 6.07) is 7.59. The van der Waals surface area contributed by atoms with Gasteiger partial charge in [0.05, 0.1) is 18.6 Å². The van der Waals surface area contributed by atoms with E-state index in [-0.39, 0.29) is 0 Å². The fourth-order valence-electron chi connectivity index (χ4n) is 1.82. The summed E-state index contributed by atoms with van der Waals surface area (Å²) in [7, 11) is 3.61. The Labute approximate surface area is 125 Å². The summed E-state index contributed by atoms with van der Waals surface area (Å²) in [4.78, 5) is 4.29. The molecule has 0 N–H and O–H groups in total. The topological polar surface area (TPSA) is 70.7 Å². The number of tetrazole rings is 1. The van der Waals surface area contributed by atoms with Crippen molar-refractivity contribution in [2.45, 2.75) is 10.9 Å². The first kappa shape index (κ1) is 13.6. The third-order valence-electron chi connectivity index (χ3n) is 3.01. The number of methoxy groups -OCH3 is 1. The van der Waals surface area contributed by atoms with Crippen molar-refractivity contribution in [2.24, 2.45) is 7.05 Å². The monoisotopic (exact) mass is 302 g/mol. The van der Waals surface area contributed by atoms with Gasteiger partial charge in [-0.05, 0) is 34.7 Å². The lowest BCUT2D eigenvalue weighted by Gasteiger charge is -2.05. The van der Waals surface area contributed by atoms with Crippen molar-refractivity contribution in [3.8, 4) is 11.4 Å². The van der Waals surface area contributed by atoms with Gasteiger partial charge in [-0.2, -0.15) is 4.68 Å². The molecule has 0 aliphatic carbocycles. The van der Waals surface area contributed by atoms with E-state index in [4.69, 9.17) is 4.74 Å². The highest BCUT2D eigenvalue weighted by Gasteiger charge is 2.10. The predicted octanol–water partition coefficient (Wildman–Crippen LogP) is 1.70. The van der Waals surface area contributed by atoms with E-state index in [1.807, 2.05) is 42.1 Å². The van der Waals surface area contributed by atoms with Crippen LogP contribution in [-0.4, -0.2) is 36.9 Å². The van der Waals surface area contributed by atoms with Gasteiger partial charge in [-0.1, -0.05) is 11.8 Å². The van der Waals surface area contributed by atoms with Gasteiger partial charge in [-0.25, -0.2) is 4.98 Å². The molecular formula is C13H14N6OS. The zero-order chi connectivity index (χ0) is 14.7.